The molecule has 0 spiro atoms. The lowest BCUT2D eigenvalue weighted by atomic mass is 10.2. The highest BCUT2D eigenvalue weighted by Crippen LogP contribution is 2.16. The first-order valence-electron chi connectivity index (χ1n) is 8.98. The first-order chi connectivity index (χ1) is 12.7. The smallest absolute Gasteiger partial charge is 0.123 e. The molecule has 4 heterocycles. The van der Waals surface area contributed by atoms with Crippen LogP contribution in [0, 0.1) is 0 Å². The lowest BCUT2D eigenvalue weighted by Crippen LogP contribution is -2.33. The summed E-state index contributed by atoms with van der Waals surface area (Å²) in [4.78, 5) is 13.8. The number of rotatable bonds is 6. The van der Waals surface area contributed by atoms with Crippen molar-refractivity contribution in [2.24, 2.45) is 7.05 Å². The van der Waals surface area contributed by atoms with E-state index < -0.39 is 0 Å². The first-order valence-corrected chi connectivity index (χ1v) is 8.98. The molecule has 26 heavy (non-hydrogen) atoms. The van der Waals surface area contributed by atoms with Crippen LogP contribution in [0.2, 0.25) is 0 Å². The summed E-state index contributed by atoms with van der Waals surface area (Å²) in [7, 11) is 4.08. The third-order valence-electron chi connectivity index (χ3n) is 4.70. The molecule has 1 aliphatic heterocycles. The topological polar surface area (TPSA) is 55.0 Å². The summed E-state index contributed by atoms with van der Waals surface area (Å²) in [5.74, 6) is 1.16. The third kappa shape index (κ3) is 4.00. The SMILES string of the molecule is CN(Cc1cccnc1)Cc1cn2c(n1)CN(Cc1cnn(C)c1)CC2. The van der Waals surface area contributed by atoms with Crippen LogP contribution in [0.3, 0.4) is 0 Å². The molecule has 7 nitrogen and oxygen atoms in total. The maximum Gasteiger partial charge on any atom is 0.123 e. The van der Waals surface area contributed by atoms with Gasteiger partial charge in [-0.1, -0.05) is 6.07 Å². The molecule has 3 aromatic heterocycles. The number of hydrogen-bond acceptors (Lipinski definition) is 5. The van der Waals surface area contributed by atoms with Gasteiger partial charge >= 0.3 is 0 Å². The van der Waals surface area contributed by atoms with Gasteiger partial charge in [0.15, 0.2) is 0 Å². The van der Waals surface area contributed by atoms with E-state index in [1.54, 1.807) is 0 Å². The minimum Gasteiger partial charge on any atom is -0.332 e. The van der Waals surface area contributed by atoms with Gasteiger partial charge in [0.1, 0.15) is 5.82 Å². The van der Waals surface area contributed by atoms with E-state index in [1.807, 2.05) is 36.4 Å². The summed E-state index contributed by atoms with van der Waals surface area (Å²) >= 11 is 0. The predicted octanol–water partition coefficient (Wildman–Crippen LogP) is 1.66. The Morgan fingerprint density at radius 2 is 2.04 bits per heavy atom. The van der Waals surface area contributed by atoms with Gasteiger partial charge in [0, 0.05) is 70.1 Å². The number of imidazole rings is 1. The van der Waals surface area contributed by atoms with Crippen molar-refractivity contribution in [2.75, 3.05) is 13.6 Å². The van der Waals surface area contributed by atoms with E-state index in [1.165, 1.54) is 11.1 Å². The molecule has 4 rings (SSSR count). The fourth-order valence-corrected chi connectivity index (χ4v) is 3.52. The number of hydrogen-bond donors (Lipinski definition) is 0. The molecule has 0 atom stereocenters. The van der Waals surface area contributed by atoms with Crippen molar-refractivity contribution in [1.29, 1.82) is 0 Å². The molecule has 0 saturated carbocycles. The average molecular weight is 351 g/mol. The maximum absolute atomic E-state index is 4.87. The molecule has 0 fully saturated rings. The third-order valence-corrected chi connectivity index (χ3v) is 4.70. The molecule has 0 bridgehead atoms. The van der Waals surface area contributed by atoms with Gasteiger partial charge in [0.25, 0.3) is 0 Å². The Morgan fingerprint density at radius 1 is 1.12 bits per heavy atom. The summed E-state index contributed by atoms with van der Waals surface area (Å²) in [5, 5.41) is 4.26. The van der Waals surface area contributed by atoms with Gasteiger partial charge < -0.3 is 4.57 Å². The van der Waals surface area contributed by atoms with Crippen molar-refractivity contribution < 1.29 is 0 Å². The molecule has 0 radical (unpaired) electrons. The molecule has 0 N–H and O–H groups in total. The van der Waals surface area contributed by atoms with Crippen LogP contribution >= 0.6 is 0 Å². The van der Waals surface area contributed by atoms with Crippen LogP contribution in [0.4, 0.5) is 0 Å². The molecule has 1 aliphatic rings. The van der Waals surface area contributed by atoms with Gasteiger partial charge in [0.05, 0.1) is 18.4 Å². The van der Waals surface area contributed by atoms with E-state index in [0.717, 1.165) is 50.8 Å². The van der Waals surface area contributed by atoms with Crippen LogP contribution in [-0.2, 0) is 39.8 Å². The molecule has 0 saturated heterocycles. The fraction of sp³-hybridized carbons (Fsp3) is 0.421. The molecular formula is C19H25N7. The van der Waals surface area contributed by atoms with Gasteiger partial charge in [0.2, 0.25) is 0 Å². The summed E-state index contributed by atoms with van der Waals surface area (Å²) < 4.78 is 4.16. The maximum atomic E-state index is 4.87. The van der Waals surface area contributed by atoms with Crippen molar-refractivity contribution >= 4 is 0 Å². The summed E-state index contributed by atoms with van der Waals surface area (Å²) in [5.41, 5.74) is 3.61. The van der Waals surface area contributed by atoms with Gasteiger partial charge in [-0.05, 0) is 18.7 Å². The van der Waals surface area contributed by atoms with E-state index in [9.17, 15) is 0 Å². The number of pyridine rings is 1. The van der Waals surface area contributed by atoms with Gasteiger partial charge in [-0.3, -0.25) is 19.5 Å². The second-order valence-corrected chi connectivity index (χ2v) is 7.11. The minimum absolute atomic E-state index is 0.845. The normalized spacial score (nSPS) is 14.7. The molecule has 0 unspecified atom stereocenters. The Labute approximate surface area is 153 Å². The quantitative estimate of drug-likeness (QED) is 0.676. The number of fused-ring (bicyclic) bond motifs is 1. The second kappa shape index (κ2) is 7.39. The van der Waals surface area contributed by atoms with E-state index in [4.69, 9.17) is 4.98 Å². The highest BCUT2D eigenvalue weighted by molar-refractivity contribution is 5.10. The molecule has 3 aromatic rings. The summed E-state index contributed by atoms with van der Waals surface area (Å²) in [6.45, 7) is 5.58. The Bertz CT molecular complexity index is 852. The van der Waals surface area contributed by atoms with Crippen molar-refractivity contribution in [3.63, 3.8) is 0 Å². The second-order valence-electron chi connectivity index (χ2n) is 7.11. The number of aryl methyl sites for hydroxylation is 1. The average Bonchev–Trinajstić information content (AvgIpc) is 3.20. The van der Waals surface area contributed by atoms with E-state index >= 15 is 0 Å². The predicted molar refractivity (Wildman–Crippen MR) is 99.0 cm³/mol. The van der Waals surface area contributed by atoms with Crippen LogP contribution in [-0.4, -0.2) is 47.7 Å². The standard InChI is InChI=1S/C19H25N7/c1-23(10-16-4-3-5-20-8-16)13-18-14-26-7-6-25(15-19(26)22-18)12-17-9-21-24(2)11-17/h3-5,8-9,11,14H,6-7,10,12-13,15H2,1-2H3. The zero-order chi connectivity index (χ0) is 17.9. The van der Waals surface area contributed by atoms with Crippen LogP contribution in [0.5, 0.6) is 0 Å². The lowest BCUT2D eigenvalue weighted by molar-refractivity contribution is 0.209. The van der Waals surface area contributed by atoms with Crippen LogP contribution in [0.15, 0.2) is 43.1 Å². The Morgan fingerprint density at radius 3 is 2.81 bits per heavy atom. The summed E-state index contributed by atoms with van der Waals surface area (Å²) in [6, 6.07) is 4.09. The monoisotopic (exact) mass is 351 g/mol. The lowest BCUT2D eigenvalue weighted by Gasteiger charge is -2.26. The first kappa shape index (κ1) is 16.9. The van der Waals surface area contributed by atoms with Crippen LogP contribution in [0.25, 0.3) is 0 Å². The highest BCUT2D eigenvalue weighted by atomic mass is 15.3. The Balaban J connectivity index is 1.36. The largest absolute Gasteiger partial charge is 0.332 e. The minimum atomic E-state index is 0.845. The van der Waals surface area contributed by atoms with E-state index in [-0.39, 0.29) is 0 Å². The molecule has 7 heteroatoms. The van der Waals surface area contributed by atoms with E-state index in [0.29, 0.717) is 0 Å². The van der Waals surface area contributed by atoms with Crippen LogP contribution in [0.1, 0.15) is 22.6 Å². The van der Waals surface area contributed by atoms with Crippen molar-refractivity contribution in [2.45, 2.75) is 32.7 Å². The number of nitrogens with zero attached hydrogens (tertiary/aromatic N) is 7. The highest BCUT2D eigenvalue weighted by Gasteiger charge is 2.19. The number of aromatic nitrogens is 5. The van der Waals surface area contributed by atoms with Crippen LogP contribution < -0.4 is 0 Å². The van der Waals surface area contributed by atoms with Crippen molar-refractivity contribution in [3.8, 4) is 0 Å². The summed E-state index contributed by atoms with van der Waals surface area (Å²) in [6.07, 6.45) is 9.96. The Kier molecular flexibility index (Phi) is 4.81. The van der Waals surface area contributed by atoms with Gasteiger partial charge in [-0.25, -0.2) is 4.98 Å². The van der Waals surface area contributed by atoms with E-state index in [2.05, 4.69) is 50.0 Å². The molecule has 0 amide bonds. The molecule has 0 aromatic carbocycles. The Hall–Kier alpha value is -2.51. The molecular weight excluding hydrogens is 326 g/mol. The molecule has 0 aliphatic carbocycles. The van der Waals surface area contributed by atoms with Crippen molar-refractivity contribution in [1.82, 2.24) is 34.1 Å². The van der Waals surface area contributed by atoms with Gasteiger partial charge in [-0.15, -0.1) is 0 Å². The van der Waals surface area contributed by atoms with Gasteiger partial charge in [-0.2, -0.15) is 5.10 Å². The zero-order valence-corrected chi connectivity index (χ0v) is 15.4. The van der Waals surface area contributed by atoms with Crippen molar-refractivity contribution in [3.05, 3.63) is 65.8 Å². The molecule has 136 valence electrons. The fourth-order valence-electron chi connectivity index (χ4n) is 3.52. The zero-order valence-electron chi connectivity index (χ0n) is 15.4.